The molecule has 0 atom stereocenters. The van der Waals surface area contributed by atoms with Crippen molar-refractivity contribution in [2.24, 2.45) is 0 Å². The number of aromatic nitrogens is 5. The molecule has 11 aromatic rings. The Morgan fingerprint density at radius 1 is 0.393 bits per heavy atom. The molecular formula is C50H31N5S. The first kappa shape index (κ1) is 32.2. The fourth-order valence-electron chi connectivity index (χ4n) is 7.93. The van der Waals surface area contributed by atoms with Crippen LogP contribution in [0.1, 0.15) is 0 Å². The summed E-state index contributed by atoms with van der Waals surface area (Å²) in [7, 11) is 0. The summed E-state index contributed by atoms with van der Waals surface area (Å²) in [6.07, 6.45) is 3.57. The van der Waals surface area contributed by atoms with Gasteiger partial charge in [-0.05, 0) is 53.1 Å². The topological polar surface area (TPSA) is 56.5 Å². The first-order valence-electron chi connectivity index (χ1n) is 18.6. The SMILES string of the molecule is c1ccc(-c2ccc(-c3nc(-c4ccc(-c5cccc6c5sc5ccccc56)cc4)nc(-c4cccnc4)n3)cc2-n2c3ccccc3c3ccccc32)cc1. The highest BCUT2D eigenvalue weighted by molar-refractivity contribution is 7.26. The molecule has 0 saturated heterocycles. The van der Waals surface area contributed by atoms with Crippen molar-refractivity contribution in [2.75, 3.05) is 0 Å². The van der Waals surface area contributed by atoms with Gasteiger partial charge in [-0.15, -0.1) is 11.3 Å². The minimum atomic E-state index is 0.572. The maximum absolute atomic E-state index is 5.18. The van der Waals surface area contributed by atoms with Crippen molar-refractivity contribution in [1.82, 2.24) is 24.5 Å². The van der Waals surface area contributed by atoms with Crippen LogP contribution >= 0.6 is 11.3 Å². The van der Waals surface area contributed by atoms with Crippen LogP contribution in [0.3, 0.4) is 0 Å². The molecule has 0 radical (unpaired) electrons. The van der Waals surface area contributed by atoms with E-state index in [9.17, 15) is 0 Å². The van der Waals surface area contributed by atoms with E-state index in [2.05, 4.69) is 173 Å². The van der Waals surface area contributed by atoms with Crippen molar-refractivity contribution in [2.45, 2.75) is 0 Å². The van der Waals surface area contributed by atoms with Crippen LogP contribution in [0.25, 0.3) is 104 Å². The molecule has 11 rings (SSSR count). The van der Waals surface area contributed by atoms with Gasteiger partial charge in [0, 0.05) is 65.6 Å². The molecule has 0 aliphatic rings. The molecule has 0 saturated carbocycles. The third-order valence-corrected chi connectivity index (χ3v) is 11.8. The quantitative estimate of drug-likeness (QED) is 0.171. The van der Waals surface area contributed by atoms with Gasteiger partial charge in [-0.2, -0.15) is 0 Å². The Hall–Kier alpha value is -7.28. The molecule has 0 unspecified atom stereocenters. The van der Waals surface area contributed by atoms with Crippen molar-refractivity contribution in [1.29, 1.82) is 0 Å². The molecule has 0 aliphatic carbocycles. The Morgan fingerprint density at radius 2 is 0.964 bits per heavy atom. The van der Waals surface area contributed by atoms with Crippen molar-refractivity contribution in [3.05, 3.63) is 188 Å². The van der Waals surface area contributed by atoms with E-state index in [1.807, 2.05) is 23.5 Å². The molecule has 0 N–H and O–H groups in total. The highest BCUT2D eigenvalue weighted by Gasteiger charge is 2.19. The van der Waals surface area contributed by atoms with E-state index < -0.39 is 0 Å². The van der Waals surface area contributed by atoms with E-state index in [-0.39, 0.29) is 0 Å². The van der Waals surface area contributed by atoms with Crippen LogP contribution in [-0.2, 0) is 0 Å². The van der Waals surface area contributed by atoms with Crippen molar-refractivity contribution < 1.29 is 0 Å². The maximum Gasteiger partial charge on any atom is 0.165 e. The Bertz CT molecular complexity index is 3190. The van der Waals surface area contributed by atoms with Gasteiger partial charge in [0.2, 0.25) is 0 Å². The molecule has 0 bridgehead atoms. The van der Waals surface area contributed by atoms with Crippen LogP contribution in [0.2, 0.25) is 0 Å². The lowest BCUT2D eigenvalue weighted by Crippen LogP contribution is -2.02. The Morgan fingerprint density at radius 3 is 1.70 bits per heavy atom. The second-order valence-corrected chi connectivity index (χ2v) is 14.9. The third-order valence-electron chi connectivity index (χ3n) is 10.6. The van der Waals surface area contributed by atoms with Gasteiger partial charge in [0.15, 0.2) is 17.5 Å². The molecule has 0 fully saturated rings. The number of thiophene rings is 1. The Balaban J connectivity index is 1.08. The molecule has 0 aliphatic heterocycles. The van der Waals surface area contributed by atoms with Crippen LogP contribution in [-0.4, -0.2) is 24.5 Å². The van der Waals surface area contributed by atoms with E-state index in [4.69, 9.17) is 15.0 Å². The number of rotatable bonds is 6. The van der Waals surface area contributed by atoms with Gasteiger partial charge in [-0.25, -0.2) is 15.0 Å². The molecule has 4 aromatic heterocycles. The molecule has 6 heteroatoms. The van der Waals surface area contributed by atoms with Gasteiger partial charge >= 0.3 is 0 Å². The van der Waals surface area contributed by atoms with Gasteiger partial charge in [-0.3, -0.25) is 4.98 Å². The van der Waals surface area contributed by atoms with Crippen LogP contribution in [0.15, 0.2) is 188 Å². The number of fused-ring (bicyclic) bond motifs is 6. The van der Waals surface area contributed by atoms with Crippen molar-refractivity contribution in [3.8, 4) is 62.1 Å². The highest BCUT2D eigenvalue weighted by Crippen LogP contribution is 2.41. The zero-order chi connectivity index (χ0) is 37.0. The molecule has 0 spiro atoms. The molecular weight excluding hydrogens is 703 g/mol. The normalized spacial score (nSPS) is 11.6. The van der Waals surface area contributed by atoms with E-state index in [0.29, 0.717) is 17.5 Å². The minimum Gasteiger partial charge on any atom is -0.309 e. The van der Waals surface area contributed by atoms with Crippen LogP contribution < -0.4 is 0 Å². The number of nitrogens with zero attached hydrogens (tertiary/aromatic N) is 5. The summed E-state index contributed by atoms with van der Waals surface area (Å²) in [6, 6.07) is 62.1. The van der Waals surface area contributed by atoms with E-state index in [0.717, 1.165) is 50.1 Å². The standard InChI is InChI=1S/C50H31N5S/c1-2-12-32(13-3-1)37-28-27-35(30-45(37)55-43-20-7-4-15-39(43)40-16-5-8-21-44(40)55)49-52-48(53-50(54-49)36-14-11-29-51-31-36)34-25-23-33(24-26-34)38-18-10-19-42-41-17-6-9-22-46(41)56-47(38)42/h1-31H. The minimum absolute atomic E-state index is 0.572. The highest BCUT2D eigenvalue weighted by atomic mass is 32.1. The van der Waals surface area contributed by atoms with Crippen LogP contribution in [0.5, 0.6) is 0 Å². The molecule has 0 amide bonds. The third kappa shape index (κ3) is 5.38. The maximum atomic E-state index is 5.18. The van der Waals surface area contributed by atoms with Gasteiger partial charge in [0.25, 0.3) is 0 Å². The summed E-state index contributed by atoms with van der Waals surface area (Å²) >= 11 is 1.84. The van der Waals surface area contributed by atoms with Crippen LogP contribution in [0.4, 0.5) is 0 Å². The van der Waals surface area contributed by atoms with Gasteiger partial charge in [0.1, 0.15) is 0 Å². The Labute approximate surface area is 326 Å². The lowest BCUT2D eigenvalue weighted by Gasteiger charge is -2.16. The van der Waals surface area contributed by atoms with Crippen molar-refractivity contribution in [3.63, 3.8) is 0 Å². The molecule has 56 heavy (non-hydrogen) atoms. The zero-order valence-corrected chi connectivity index (χ0v) is 30.9. The fraction of sp³-hybridized carbons (Fsp3) is 0. The second kappa shape index (κ2) is 13.2. The first-order valence-corrected chi connectivity index (χ1v) is 19.4. The largest absolute Gasteiger partial charge is 0.309 e. The summed E-state index contributed by atoms with van der Waals surface area (Å²) in [4.78, 5) is 19.7. The monoisotopic (exact) mass is 733 g/mol. The van der Waals surface area contributed by atoms with E-state index in [1.165, 1.54) is 36.5 Å². The number of hydrogen-bond donors (Lipinski definition) is 0. The fourth-order valence-corrected chi connectivity index (χ4v) is 9.17. The molecule has 5 nitrogen and oxygen atoms in total. The lowest BCUT2D eigenvalue weighted by atomic mass is 10.0. The molecule has 262 valence electrons. The second-order valence-electron chi connectivity index (χ2n) is 13.9. The van der Waals surface area contributed by atoms with Crippen LogP contribution in [0, 0.1) is 0 Å². The lowest BCUT2D eigenvalue weighted by molar-refractivity contribution is 1.07. The molecule has 4 heterocycles. The summed E-state index contributed by atoms with van der Waals surface area (Å²) in [5.74, 6) is 1.77. The summed E-state index contributed by atoms with van der Waals surface area (Å²) < 4.78 is 4.96. The van der Waals surface area contributed by atoms with Gasteiger partial charge in [0.05, 0.1) is 16.7 Å². The predicted molar refractivity (Wildman–Crippen MR) is 232 cm³/mol. The van der Waals surface area contributed by atoms with Gasteiger partial charge in [-0.1, -0.05) is 140 Å². The first-order chi connectivity index (χ1) is 27.8. The Kier molecular flexibility index (Phi) is 7.60. The summed E-state index contributed by atoms with van der Waals surface area (Å²) in [6.45, 7) is 0. The van der Waals surface area contributed by atoms with Crippen molar-refractivity contribution >= 4 is 53.3 Å². The van der Waals surface area contributed by atoms with Gasteiger partial charge < -0.3 is 4.57 Å². The number of pyridine rings is 1. The number of hydrogen-bond acceptors (Lipinski definition) is 5. The van der Waals surface area contributed by atoms with E-state index in [1.54, 1.807) is 12.4 Å². The van der Waals surface area contributed by atoms with E-state index >= 15 is 0 Å². The smallest absolute Gasteiger partial charge is 0.165 e. The average molecular weight is 734 g/mol. The summed E-state index contributed by atoms with van der Waals surface area (Å²) in [5, 5.41) is 5.00. The average Bonchev–Trinajstić information content (AvgIpc) is 3.83. The number of para-hydroxylation sites is 2. The number of benzene rings is 7. The summed E-state index contributed by atoms with van der Waals surface area (Å²) in [5.41, 5.74) is 10.6. The zero-order valence-electron chi connectivity index (χ0n) is 30.0. The predicted octanol–water partition coefficient (Wildman–Crippen LogP) is 13.1. The molecule has 7 aromatic carbocycles.